The van der Waals surface area contributed by atoms with E-state index >= 15 is 0 Å². The summed E-state index contributed by atoms with van der Waals surface area (Å²) in [5.41, 5.74) is 13.3. The maximum absolute atomic E-state index is 9.23. The van der Waals surface area contributed by atoms with Gasteiger partial charge >= 0.3 is 0 Å². The minimum absolute atomic E-state index is 0. The molecule has 146 valence electrons. The molecule has 28 heavy (non-hydrogen) atoms. The first-order valence-electron chi connectivity index (χ1n) is 8.75. The monoisotopic (exact) mass is 489 g/mol. The van der Waals surface area contributed by atoms with Crippen molar-refractivity contribution >= 4 is 41.1 Å². The van der Waals surface area contributed by atoms with Crippen LogP contribution in [0.25, 0.3) is 0 Å². The van der Waals surface area contributed by atoms with Gasteiger partial charge in [0.15, 0.2) is 0 Å². The number of nitrogens with one attached hydrogen (secondary N) is 2. The number of nitrogens with two attached hydrogens (primary N) is 1. The Morgan fingerprint density at radius 1 is 1.39 bits per heavy atom. The Morgan fingerprint density at radius 2 is 2.21 bits per heavy atom. The molecule has 6 nitrogen and oxygen atoms in total. The average molecular weight is 489 g/mol. The van der Waals surface area contributed by atoms with Gasteiger partial charge in [-0.15, -0.1) is 24.0 Å². The Labute approximate surface area is 183 Å². The lowest BCUT2D eigenvalue weighted by atomic mass is 9.98. The SMILES string of the molecule is Cc1c(C#N)ccc2c1CC[C@H]2Nc1ccc(N)c(C(=N)c2cnoc2)c1.I.[HH].[HH]. The summed E-state index contributed by atoms with van der Waals surface area (Å²) in [7, 11) is 0. The zero-order valence-corrected chi connectivity index (χ0v) is 17.7. The zero-order chi connectivity index (χ0) is 19.0. The summed E-state index contributed by atoms with van der Waals surface area (Å²) in [5.74, 6) is 0. The molecule has 1 heterocycles. The minimum Gasteiger partial charge on any atom is -0.398 e. The lowest BCUT2D eigenvalue weighted by Crippen LogP contribution is -2.10. The summed E-state index contributed by atoms with van der Waals surface area (Å²) < 4.78 is 4.83. The van der Waals surface area contributed by atoms with Gasteiger partial charge in [0.05, 0.1) is 35.1 Å². The number of hydrogen-bond acceptors (Lipinski definition) is 6. The number of rotatable bonds is 4. The van der Waals surface area contributed by atoms with Crippen molar-refractivity contribution < 1.29 is 7.38 Å². The first kappa shape index (κ1) is 19.9. The molecule has 3 aromatic rings. The molecular weight excluding hydrogens is 465 g/mol. The predicted molar refractivity (Wildman–Crippen MR) is 124 cm³/mol. The molecule has 1 aromatic heterocycles. The van der Waals surface area contributed by atoms with Gasteiger partial charge in [-0.3, -0.25) is 5.41 Å². The summed E-state index contributed by atoms with van der Waals surface area (Å²) >= 11 is 0. The molecule has 1 atom stereocenters. The molecule has 0 saturated heterocycles. The quantitative estimate of drug-likeness (QED) is 0.269. The molecule has 7 heteroatoms. The van der Waals surface area contributed by atoms with Gasteiger partial charge in [0.1, 0.15) is 6.26 Å². The molecule has 0 fully saturated rings. The van der Waals surface area contributed by atoms with Crippen LogP contribution in [0, 0.1) is 23.7 Å². The highest BCUT2D eigenvalue weighted by atomic mass is 127. The van der Waals surface area contributed by atoms with Crippen LogP contribution in [0.5, 0.6) is 0 Å². The number of fused-ring (bicyclic) bond motifs is 1. The Balaban J connectivity index is 0.00000150. The highest BCUT2D eigenvalue weighted by Gasteiger charge is 2.25. The van der Waals surface area contributed by atoms with Crippen molar-refractivity contribution in [3.63, 3.8) is 0 Å². The van der Waals surface area contributed by atoms with Gasteiger partial charge in [0.2, 0.25) is 0 Å². The second-order valence-electron chi connectivity index (χ2n) is 6.74. The summed E-state index contributed by atoms with van der Waals surface area (Å²) in [6.45, 7) is 2.02. The molecule has 1 aliphatic rings. The van der Waals surface area contributed by atoms with Crippen molar-refractivity contribution in [2.75, 3.05) is 11.1 Å². The predicted octanol–water partition coefficient (Wildman–Crippen LogP) is 5.06. The number of nitriles is 1. The van der Waals surface area contributed by atoms with Crippen LogP contribution in [0.4, 0.5) is 11.4 Å². The lowest BCUT2D eigenvalue weighted by molar-refractivity contribution is 0.419. The van der Waals surface area contributed by atoms with Crippen LogP contribution in [0.2, 0.25) is 0 Å². The van der Waals surface area contributed by atoms with E-state index in [2.05, 4.69) is 16.5 Å². The van der Waals surface area contributed by atoms with E-state index < -0.39 is 0 Å². The van der Waals surface area contributed by atoms with E-state index in [1.165, 1.54) is 23.6 Å². The number of nitrogen functional groups attached to an aromatic ring is 1. The molecule has 0 unspecified atom stereocenters. The third-order valence-corrected chi connectivity index (χ3v) is 5.20. The van der Waals surface area contributed by atoms with E-state index in [0.29, 0.717) is 16.8 Å². The maximum Gasteiger partial charge on any atom is 0.133 e. The lowest BCUT2D eigenvalue weighted by Gasteiger charge is -2.18. The Morgan fingerprint density at radius 3 is 2.93 bits per heavy atom. The summed E-state index contributed by atoms with van der Waals surface area (Å²) in [6, 6.07) is 12.0. The van der Waals surface area contributed by atoms with Gasteiger partial charge < -0.3 is 15.6 Å². The van der Waals surface area contributed by atoms with Gasteiger partial charge in [-0.2, -0.15) is 5.26 Å². The van der Waals surface area contributed by atoms with Crippen molar-refractivity contribution in [2.24, 2.45) is 0 Å². The van der Waals surface area contributed by atoms with Crippen molar-refractivity contribution in [1.82, 2.24) is 5.16 Å². The van der Waals surface area contributed by atoms with Gasteiger partial charge in [0.25, 0.3) is 0 Å². The number of benzene rings is 2. The van der Waals surface area contributed by atoms with Gasteiger partial charge in [-0.1, -0.05) is 11.2 Å². The zero-order valence-electron chi connectivity index (χ0n) is 15.3. The van der Waals surface area contributed by atoms with Crippen LogP contribution in [0.1, 0.15) is 48.7 Å². The second kappa shape index (κ2) is 8.02. The fourth-order valence-electron chi connectivity index (χ4n) is 3.70. The largest absolute Gasteiger partial charge is 0.398 e. The van der Waals surface area contributed by atoms with E-state index in [1.54, 1.807) is 6.07 Å². The minimum atomic E-state index is 0. The molecule has 2 aromatic carbocycles. The number of halogens is 1. The van der Waals surface area contributed by atoms with Gasteiger partial charge in [-0.05, 0) is 60.7 Å². The third-order valence-electron chi connectivity index (χ3n) is 5.20. The average Bonchev–Trinajstić information content (AvgIpc) is 3.34. The van der Waals surface area contributed by atoms with E-state index in [9.17, 15) is 5.26 Å². The molecule has 0 bridgehead atoms. The van der Waals surface area contributed by atoms with Crippen molar-refractivity contribution in [3.05, 3.63) is 76.2 Å². The smallest absolute Gasteiger partial charge is 0.133 e. The molecule has 0 spiro atoms. The number of hydrogen-bond donors (Lipinski definition) is 3. The number of anilines is 2. The van der Waals surface area contributed by atoms with Crippen molar-refractivity contribution in [1.29, 1.82) is 10.7 Å². The topological polar surface area (TPSA) is 112 Å². The highest BCUT2D eigenvalue weighted by molar-refractivity contribution is 14.0. The Bertz CT molecular complexity index is 1080. The molecular formula is C21H24IN5O. The van der Waals surface area contributed by atoms with E-state index in [1.807, 2.05) is 31.2 Å². The van der Waals surface area contributed by atoms with Gasteiger partial charge in [-0.25, -0.2) is 0 Å². The normalized spacial score (nSPS) is 14.6. The number of nitrogens with zero attached hydrogens (tertiary/aromatic N) is 2. The fraction of sp³-hybridized carbons (Fsp3) is 0.190. The van der Waals surface area contributed by atoms with Crippen LogP contribution in [-0.2, 0) is 6.42 Å². The van der Waals surface area contributed by atoms with Crippen molar-refractivity contribution in [3.8, 4) is 6.07 Å². The van der Waals surface area contributed by atoms with E-state index in [4.69, 9.17) is 15.7 Å². The van der Waals surface area contributed by atoms with Crippen LogP contribution in [-0.4, -0.2) is 10.9 Å². The fourth-order valence-corrected chi connectivity index (χ4v) is 3.70. The first-order valence-corrected chi connectivity index (χ1v) is 8.75. The Hall–Kier alpha value is -2.86. The molecule has 0 saturated carbocycles. The standard InChI is InChI=1S/C21H19N5O.HI.2H2/c1-12-13(9-22)2-4-17-16(12)5-7-20(17)26-15-3-6-19(23)18(8-15)21(24)14-10-25-27-11-14;;;/h2-4,6,8,10-11,20,24,26H,5,7,23H2,1H3;3*1H/t20-;;;/m1.../s1. The Kier molecular flexibility index (Phi) is 5.70. The van der Waals surface area contributed by atoms with Crippen LogP contribution >= 0.6 is 24.0 Å². The number of aromatic nitrogens is 1. The van der Waals surface area contributed by atoms with Crippen LogP contribution < -0.4 is 11.1 Å². The molecule has 0 aliphatic heterocycles. The van der Waals surface area contributed by atoms with Crippen LogP contribution in [0.3, 0.4) is 0 Å². The van der Waals surface area contributed by atoms with Crippen LogP contribution in [0.15, 0.2) is 47.3 Å². The molecule has 4 rings (SSSR count). The van der Waals surface area contributed by atoms with E-state index in [-0.39, 0.29) is 38.6 Å². The van der Waals surface area contributed by atoms with Gasteiger partial charge in [0, 0.05) is 19.8 Å². The third kappa shape index (κ3) is 3.47. The maximum atomic E-state index is 9.23. The summed E-state index contributed by atoms with van der Waals surface area (Å²) in [5, 5.41) is 24.8. The first-order chi connectivity index (χ1) is 13.1. The highest BCUT2D eigenvalue weighted by Crippen LogP contribution is 2.37. The second-order valence-corrected chi connectivity index (χ2v) is 6.74. The summed E-state index contributed by atoms with van der Waals surface area (Å²) in [6.07, 6.45) is 4.86. The van der Waals surface area contributed by atoms with E-state index in [0.717, 1.165) is 29.7 Å². The molecule has 0 radical (unpaired) electrons. The molecule has 1 aliphatic carbocycles. The summed E-state index contributed by atoms with van der Waals surface area (Å²) in [4.78, 5) is 0. The molecule has 4 N–H and O–H groups in total. The van der Waals surface area contributed by atoms with Crippen molar-refractivity contribution in [2.45, 2.75) is 25.8 Å². The molecule has 0 amide bonds.